The Kier molecular flexibility index (Phi) is 6.22. The second-order valence-corrected chi connectivity index (χ2v) is 7.58. The summed E-state index contributed by atoms with van der Waals surface area (Å²) in [5.74, 6) is 2.23. The van der Waals surface area contributed by atoms with Crippen molar-refractivity contribution >= 4 is 17.8 Å². The number of hydrogen-bond acceptors (Lipinski definition) is 3. The van der Waals surface area contributed by atoms with Crippen molar-refractivity contribution in [3.63, 3.8) is 0 Å². The van der Waals surface area contributed by atoms with E-state index in [0.717, 1.165) is 30.8 Å². The molecule has 0 bridgehead atoms. The van der Waals surface area contributed by atoms with E-state index >= 15 is 0 Å². The van der Waals surface area contributed by atoms with Gasteiger partial charge in [-0.1, -0.05) is 30.3 Å². The fourth-order valence-corrected chi connectivity index (χ4v) is 4.44. The lowest BCUT2D eigenvalue weighted by Crippen LogP contribution is -2.51. The fraction of sp³-hybridized carbons (Fsp3) is 0.611. The van der Waals surface area contributed by atoms with E-state index in [0.29, 0.717) is 12.6 Å². The molecule has 0 saturated carbocycles. The molecule has 0 unspecified atom stereocenters. The van der Waals surface area contributed by atoms with Crippen molar-refractivity contribution in [2.24, 2.45) is 0 Å². The Bertz CT molecular complexity index is 490. The van der Waals surface area contributed by atoms with Gasteiger partial charge >= 0.3 is 6.03 Å². The van der Waals surface area contributed by atoms with Crippen LogP contribution in [0.4, 0.5) is 4.79 Å². The van der Waals surface area contributed by atoms with E-state index < -0.39 is 0 Å². The highest BCUT2D eigenvalue weighted by molar-refractivity contribution is 7.99. The first-order chi connectivity index (χ1) is 11.3. The number of benzene rings is 1. The number of amides is 2. The normalized spacial score (nSPS) is 22.8. The molecule has 3 rings (SSSR count). The number of rotatable bonds is 4. The van der Waals surface area contributed by atoms with Crippen LogP contribution in [0.15, 0.2) is 30.3 Å². The summed E-state index contributed by atoms with van der Waals surface area (Å²) >= 11 is 1.99. The highest BCUT2D eigenvalue weighted by atomic mass is 32.2. The molecule has 23 heavy (non-hydrogen) atoms. The topological polar surface area (TPSA) is 35.6 Å². The maximum absolute atomic E-state index is 12.7. The molecule has 1 N–H and O–H groups in total. The Morgan fingerprint density at radius 2 is 1.91 bits per heavy atom. The number of nitrogens with zero attached hydrogens (tertiary/aromatic N) is 2. The van der Waals surface area contributed by atoms with Gasteiger partial charge in [0.2, 0.25) is 0 Å². The molecular formula is C18H27N3OS. The Labute approximate surface area is 143 Å². The van der Waals surface area contributed by atoms with Crippen LogP contribution in [-0.4, -0.2) is 59.6 Å². The molecule has 0 aliphatic carbocycles. The number of carbonyl (C=O) groups excluding carboxylic acids is 1. The molecule has 2 heterocycles. The van der Waals surface area contributed by atoms with Crippen LogP contribution in [0.2, 0.25) is 0 Å². The number of thioether (sulfide) groups is 1. The summed E-state index contributed by atoms with van der Waals surface area (Å²) < 4.78 is 0. The molecule has 5 heteroatoms. The van der Waals surface area contributed by atoms with E-state index in [1.807, 2.05) is 30.0 Å². The maximum Gasteiger partial charge on any atom is 0.317 e. The van der Waals surface area contributed by atoms with Gasteiger partial charge in [-0.05, 0) is 43.7 Å². The molecule has 1 atom stereocenters. The van der Waals surface area contributed by atoms with Crippen molar-refractivity contribution in [1.29, 1.82) is 0 Å². The summed E-state index contributed by atoms with van der Waals surface area (Å²) in [7, 11) is 0. The van der Waals surface area contributed by atoms with Gasteiger partial charge in [0.05, 0.1) is 6.04 Å². The van der Waals surface area contributed by atoms with Gasteiger partial charge in [-0.25, -0.2) is 4.79 Å². The minimum Gasteiger partial charge on any atom is -0.334 e. The number of carbonyl (C=O) groups is 1. The molecular weight excluding hydrogens is 306 g/mol. The highest BCUT2D eigenvalue weighted by Gasteiger charge is 2.28. The maximum atomic E-state index is 12.7. The lowest BCUT2D eigenvalue weighted by atomic mass is 10.2. The third-order valence-electron chi connectivity index (χ3n) is 4.65. The average Bonchev–Trinajstić information content (AvgIpc) is 2.98. The van der Waals surface area contributed by atoms with Gasteiger partial charge in [0, 0.05) is 25.4 Å². The van der Waals surface area contributed by atoms with E-state index in [4.69, 9.17) is 0 Å². The summed E-state index contributed by atoms with van der Waals surface area (Å²) in [4.78, 5) is 17.3. The Morgan fingerprint density at radius 1 is 1.13 bits per heavy atom. The lowest BCUT2D eigenvalue weighted by Gasteiger charge is -2.32. The van der Waals surface area contributed by atoms with Crippen LogP contribution in [0, 0.1) is 0 Å². The minimum atomic E-state index is 0.0977. The van der Waals surface area contributed by atoms with Crippen LogP contribution < -0.4 is 5.32 Å². The second kappa shape index (κ2) is 8.60. The molecule has 1 aromatic rings. The van der Waals surface area contributed by atoms with E-state index in [9.17, 15) is 4.79 Å². The summed E-state index contributed by atoms with van der Waals surface area (Å²) in [5.41, 5.74) is 1.15. The summed E-state index contributed by atoms with van der Waals surface area (Å²) in [6.07, 6.45) is 3.71. The first-order valence-corrected chi connectivity index (χ1v) is 9.87. The van der Waals surface area contributed by atoms with Crippen molar-refractivity contribution in [3.05, 3.63) is 35.9 Å². The zero-order valence-electron chi connectivity index (χ0n) is 13.7. The predicted octanol–water partition coefficient (Wildman–Crippen LogP) is 2.80. The van der Waals surface area contributed by atoms with Gasteiger partial charge in [0.25, 0.3) is 0 Å². The van der Waals surface area contributed by atoms with Crippen LogP contribution in [-0.2, 0) is 6.54 Å². The zero-order chi connectivity index (χ0) is 15.9. The Morgan fingerprint density at radius 3 is 2.70 bits per heavy atom. The second-order valence-electron chi connectivity index (χ2n) is 6.43. The smallest absolute Gasteiger partial charge is 0.317 e. The van der Waals surface area contributed by atoms with Gasteiger partial charge in [-0.3, -0.25) is 0 Å². The molecule has 2 saturated heterocycles. The molecule has 2 amide bonds. The molecule has 1 aromatic carbocycles. The first-order valence-electron chi connectivity index (χ1n) is 8.71. The van der Waals surface area contributed by atoms with Crippen LogP contribution in [0.3, 0.4) is 0 Å². The molecule has 126 valence electrons. The van der Waals surface area contributed by atoms with Crippen LogP contribution >= 0.6 is 11.8 Å². The van der Waals surface area contributed by atoms with Crippen molar-refractivity contribution in [3.8, 4) is 0 Å². The third kappa shape index (κ3) is 4.88. The van der Waals surface area contributed by atoms with Crippen molar-refractivity contribution in [1.82, 2.24) is 15.1 Å². The van der Waals surface area contributed by atoms with E-state index in [-0.39, 0.29) is 6.03 Å². The van der Waals surface area contributed by atoms with E-state index in [1.165, 1.54) is 31.7 Å². The highest BCUT2D eigenvalue weighted by Crippen LogP contribution is 2.19. The summed E-state index contributed by atoms with van der Waals surface area (Å²) in [6, 6.07) is 10.6. The molecule has 2 fully saturated rings. The van der Waals surface area contributed by atoms with Crippen LogP contribution in [0.1, 0.15) is 24.8 Å². The molecule has 0 radical (unpaired) electrons. The van der Waals surface area contributed by atoms with Crippen LogP contribution in [0.25, 0.3) is 0 Å². The van der Waals surface area contributed by atoms with Gasteiger partial charge in [0.1, 0.15) is 0 Å². The van der Waals surface area contributed by atoms with Gasteiger partial charge in [0.15, 0.2) is 0 Å². The monoisotopic (exact) mass is 333 g/mol. The predicted molar refractivity (Wildman–Crippen MR) is 96.8 cm³/mol. The van der Waals surface area contributed by atoms with Crippen molar-refractivity contribution in [2.75, 3.05) is 37.7 Å². The lowest BCUT2D eigenvalue weighted by molar-refractivity contribution is 0.162. The van der Waals surface area contributed by atoms with E-state index in [1.54, 1.807) is 0 Å². The molecule has 4 nitrogen and oxygen atoms in total. The molecule has 2 aliphatic heterocycles. The Hall–Kier alpha value is -1.20. The molecule has 0 aromatic heterocycles. The number of nitrogens with one attached hydrogen (secondary N) is 1. The Balaban J connectivity index is 1.57. The SMILES string of the molecule is O=C(NCc1ccccc1)N1CCCSC[C@@H]1CN1CCCC1. The number of urea groups is 1. The van der Waals surface area contributed by atoms with Crippen LogP contribution in [0.5, 0.6) is 0 Å². The minimum absolute atomic E-state index is 0.0977. The average molecular weight is 334 g/mol. The molecule has 2 aliphatic rings. The molecule has 0 spiro atoms. The summed E-state index contributed by atoms with van der Waals surface area (Å²) in [6.45, 7) is 4.92. The van der Waals surface area contributed by atoms with Gasteiger partial charge < -0.3 is 15.1 Å². The van der Waals surface area contributed by atoms with Crippen molar-refractivity contribution in [2.45, 2.75) is 31.8 Å². The number of hydrogen-bond donors (Lipinski definition) is 1. The third-order valence-corrected chi connectivity index (χ3v) is 5.85. The van der Waals surface area contributed by atoms with E-state index in [2.05, 4.69) is 27.2 Å². The largest absolute Gasteiger partial charge is 0.334 e. The first kappa shape index (κ1) is 16.7. The van der Waals surface area contributed by atoms with Gasteiger partial charge in [-0.2, -0.15) is 11.8 Å². The quantitative estimate of drug-likeness (QED) is 0.920. The summed E-state index contributed by atoms with van der Waals surface area (Å²) in [5, 5.41) is 3.11. The standard InChI is InChI=1S/C18H27N3OS/c22-18(19-13-16-7-2-1-3-8-16)21-11-6-12-23-15-17(21)14-20-9-4-5-10-20/h1-3,7-8,17H,4-6,9-15H2,(H,19,22)/t17-/m0/s1. The van der Waals surface area contributed by atoms with Gasteiger partial charge in [-0.15, -0.1) is 0 Å². The zero-order valence-corrected chi connectivity index (χ0v) is 14.6. The van der Waals surface area contributed by atoms with Crippen molar-refractivity contribution < 1.29 is 4.79 Å². The number of likely N-dealkylation sites (tertiary alicyclic amines) is 1. The fourth-order valence-electron chi connectivity index (χ4n) is 3.39.